The number of halogens is 1. The van der Waals surface area contributed by atoms with Crippen LogP contribution in [0, 0.1) is 0 Å². The Bertz CT molecular complexity index is 867. The number of hydrogen-bond acceptors (Lipinski definition) is 8. The fourth-order valence-corrected chi connectivity index (χ4v) is 2.70. The Morgan fingerprint density at radius 2 is 2.09 bits per heavy atom. The number of anilines is 1. The molecule has 0 radical (unpaired) electrons. The molecule has 10 heteroatoms. The third-order valence-electron chi connectivity index (χ3n) is 3.22. The summed E-state index contributed by atoms with van der Waals surface area (Å²) in [5, 5.41) is 12.5. The normalized spacial score (nSPS) is 12.3. The van der Waals surface area contributed by atoms with E-state index in [0.717, 1.165) is 0 Å². The fraction of sp³-hybridized carbons (Fsp3) is 0.308. The van der Waals surface area contributed by atoms with Gasteiger partial charge in [0.25, 0.3) is 0 Å². The number of rotatable bonds is 4. The lowest BCUT2D eigenvalue weighted by molar-refractivity contribution is 0.218. The van der Waals surface area contributed by atoms with Crippen molar-refractivity contribution in [3.05, 3.63) is 22.7 Å². The highest BCUT2D eigenvalue weighted by Gasteiger charge is 2.20. The number of ether oxygens (including phenoxy) is 2. The van der Waals surface area contributed by atoms with E-state index in [2.05, 4.69) is 41.3 Å². The molecule has 2 heterocycles. The zero-order valence-electron chi connectivity index (χ0n) is 12.7. The zero-order chi connectivity index (χ0) is 16.6. The summed E-state index contributed by atoms with van der Waals surface area (Å²) < 4.78 is 12.0. The highest BCUT2D eigenvalue weighted by atomic mass is 79.9. The quantitative estimate of drug-likeness (QED) is 0.727. The molecule has 0 aliphatic heterocycles. The average Bonchev–Trinajstić information content (AvgIpc) is 2.96. The van der Waals surface area contributed by atoms with E-state index in [9.17, 15) is 0 Å². The van der Waals surface area contributed by atoms with Gasteiger partial charge in [-0.05, 0) is 28.1 Å². The molecule has 1 aromatic carbocycles. The number of aryl methyl sites for hydroxylation is 1. The minimum absolute atomic E-state index is 0.313. The molecule has 23 heavy (non-hydrogen) atoms. The molecule has 0 saturated heterocycles. The summed E-state index contributed by atoms with van der Waals surface area (Å²) >= 11 is 3.46. The molecule has 2 N–H and O–H groups in total. The Morgan fingerprint density at radius 3 is 2.74 bits per heavy atom. The first kappa shape index (κ1) is 15.4. The molecule has 3 rings (SSSR count). The van der Waals surface area contributed by atoms with Crippen LogP contribution in [-0.2, 0) is 7.05 Å². The molecule has 0 saturated carbocycles. The number of fused-ring (bicyclic) bond motifs is 1. The van der Waals surface area contributed by atoms with Gasteiger partial charge in [0.2, 0.25) is 5.82 Å². The summed E-state index contributed by atoms with van der Waals surface area (Å²) in [5.41, 5.74) is 6.60. The van der Waals surface area contributed by atoms with Crippen LogP contribution in [0.5, 0.6) is 11.5 Å². The number of nitrogens with zero attached hydrogens (tertiary/aromatic N) is 6. The number of benzene rings is 1. The maximum absolute atomic E-state index is 6.00. The minimum Gasteiger partial charge on any atom is -0.495 e. The third kappa shape index (κ3) is 2.77. The first-order valence-corrected chi connectivity index (χ1v) is 7.47. The topological polar surface area (TPSA) is 114 Å². The molecule has 0 fully saturated rings. The van der Waals surface area contributed by atoms with E-state index in [1.807, 2.05) is 6.92 Å². The lowest BCUT2D eigenvalue weighted by Gasteiger charge is -2.16. The zero-order valence-corrected chi connectivity index (χ0v) is 14.3. The molecule has 3 aromatic rings. The number of nitrogens with two attached hydrogens (primary N) is 1. The molecule has 9 nitrogen and oxygen atoms in total. The van der Waals surface area contributed by atoms with Gasteiger partial charge in [-0.1, -0.05) is 0 Å². The number of aromatic nitrogens is 6. The Labute approximate surface area is 139 Å². The van der Waals surface area contributed by atoms with Crippen LogP contribution in [-0.4, -0.2) is 37.3 Å². The maximum atomic E-state index is 6.00. The Hall–Kier alpha value is -2.49. The molecule has 0 spiro atoms. The minimum atomic E-state index is -0.433. The van der Waals surface area contributed by atoms with E-state index < -0.39 is 6.10 Å². The summed E-state index contributed by atoms with van der Waals surface area (Å²) in [6.45, 7) is 1.82. The highest BCUT2D eigenvalue weighted by molar-refractivity contribution is 9.10. The van der Waals surface area contributed by atoms with Crippen LogP contribution in [0.15, 0.2) is 16.9 Å². The number of nitrogen functional groups attached to an aromatic ring is 1. The Morgan fingerprint density at radius 1 is 1.30 bits per heavy atom. The highest BCUT2D eigenvalue weighted by Crippen LogP contribution is 2.41. The van der Waals surface area contributed by atoms with Gasteiger partial charge in [-0.3, -0.25) is 0 Å². The van der Waals surface area contributed by atoms with Crippen molar-refractivity contribution in [1.82, 2.24) is 30.2 Å². The van der Waals surface area contributed by atoms with Gasteiger partial charge in [0, 0.05) is 6.07 Å². The largest absolute Gasteiger partial charge is 0.495 e. The second-order valence-electron chi connectivity index (χ2n) is 4.77. The molecule has 1 atom stereocenters. The summed E-state index contributed by atoms with van der Waals surface area (Å²) in [6, 6.07) is 1.72. The van der Waals surface area contributed by atoms with Gasteiger partial charge in [0.05, 0.1) is 29.5 Å². The van der Waals surface area contributed by atoms with Crippen LogP contribution in [0.4, 0.5) is 5.82 Å². The molecule has 2 aromatic heterocycles. The molecule has 1 unspecified atom stereocenters. The molecular formula is C13H14BrN7O2. The third-order valence-corrected chi connectivity index (χ3v) is 3.99. The van der Waals surface area contributed by atoms with E-state index in [4.69, 9.17) is 15.2 Å². The summed E-state index contributed by atoms with van der Waals surface area (Å²) in [6.07, 6.45) is 0.955. The Kier molecular flexibility index (Phi) is 3.99. The van der Waals surface area contributed by atoms with Crippen molar-refractivity contribution in [1.29, 1.82) is 0 Å². The van der Waals surface area contributed by atoms with Crippen molar-refractivity contribution in [2.45, 2.75) is 13.0 Å². The van der Waals surface area contributed by atoms with E-state index in [-0.39, 0.29) is 0 Å². The maximum Gasteiger partial charge on any atom is 0.214 e. The van der Waals surface area contributed by atoms with Gasteiger partial charge in [-0.25, -0.2) is 9.97 Å². The predicted molar refractivity (Wildman–Crippen MR) is 86.0 cm³/mol. The SMILES string of the molecule is COc1cc(OC(C)c2nnn(C)n2)c2c(N)ncnc2c1Br. The molecule has 0 amide bonds. The van der Waals surface area contributed by atoms with E-state index >= 15 is 0 Å². The lowest BCUT2D eigenvalue weighted by Crippen LogP contribution is -2.08. The van der Waals surface area contributed by atoms with Gasteiger partial charge in [-0.15, -0.1) is 10.2 Å². The van der Waals surface area contributed by atoms with Crippen molar-refractivity contribution >= 4 is 32.7 Å². The second-order valence-corrected chi connectivity index (χ2v) is 5.56. The van der Waals surface area contributed by atoms with Crippen molar-refractivity contribution < 1.29 is 9.47 Å². The molecule has 0 aliphatic carbocycles. The number of hydrogen-bond donors (Lipinski definition) is 1. The Balaban J connectivity index is 2.11. The first-order chi connectivity index (χ1) is 11.0. The summed E-state index contributed by atoms with van der Waals surface area (Å²) in [4.78, 5) is 9.64. The molecule has 120 valence electrons. The standard InChI is InChI=1S/C13H14BrN7O2/c1-6(13-18-20-21(2)19-13)23-7-4-8(22-3)10(14)11-9(7)12(15)17-5-16-11/h4-6H,1-3H3,(H2,15,16,17). The van der Waals surface area contributed by atoms with E-state index in [1.54, 1.807) is 20.2 Å². The van der Waals surface area contributed by atoms with Crippen LogP contribution < -0.4 is 15.2 Å². The molecule has 0 bridgehead atoms. The van der Waals surface area contributed by atoms with Crippen molar-refractivity contribution in [3.8, 4) is 11.5 Å². The number of methoxy groups -OCH3 is 1. The lowest BCUT2D eigenvalue weighted by atomic mass is 10.2. The van der Waals surface area contributed by atoms with E-state index in [0.29, 0.717) is 38.5 Å². The van der Waals surface area contributed by atoms with Gasteiger partial charge in [0.1, 0.15) is 23.6 Å². The molecular weight excluding hydrogens is 366 g/mol. The summed E-state index contributed by atoms with van der Waals surface area (Å²) in [5.74, 6) is 1.83. The number of tetrazole rings is 1. The van der Waals surface area contributed by atoms with Gasteiger partial charge in [0.15, 0.2) is 6.10 Å². The van der Waals surface area contributed by atoms with Crippen molar-refractivity contribution in [3.63, 3.8) is 0 Å². The van der Waals surface area contributed by atoms with Crippen molar-refractivity contribution in [2.24, 2.45) is 7.05 Å². The summed E-state index contributed by atoms with van der Waals surface area (Å²) in [7, 11) is 3.25. The van der Waals surface area contributed by atoms with Gasteiger partial charge in [-0.2, -0.15) is 4.80 Å². The average molecular weight is 380 g/mol. The fourth-order valence-electron chi connectivity index (χ4n) is 2.13. The van der Waals surface area contributed by atoms with E-state index in [1.165, 1.54) is 11.1 Å². The predicted octanol–water partition coefficient (Wildman–Crippen LogP) is 1.65. The van der Waals surface area contributed by atoms with Crippen LogP contribution in [0.2, 0.25) is 0 Å². The van der Waals surface area contributed by atoms with Crippen LogP contribution in [0.1, 0.15) is 18.9 Å². The van der Waals surface area contributed by atoms with Crippen LogP contribution >= 0.6 is 15.9 Å². The molecule has 0 aliphatic rings. The van der Waals surface area contributed by atoms with Gasteiger partial charge >= 0.3 is 0 Å². The monoisotopic (exact) mass is 379 g/mol. The smallest absolute Gasteiger partial charge is 0.214 e. The first-order valence-electron chi connectivity index (χ1n) is 6.68. The van der Waals surface area contributed by atoms with Gasteiger partial charge < -0.3 is 15.2 Å². The second kappa shape index (κ2) is 5.95. The van der Waals surface area contributed by atoms with Crippen LogP contribution in [0.25, 0.3) is 10.9 Å². The van der Waals surface area contributed by atoms with Crippen molar-refractivity contribution in [2.75, 3.05) is 12.8 Å². The van der Waals surface area contributed by atoms with Crippen LogP contribution in [0.3, 0.4) is 0 Å².